The third kappa shape index (κ3) is 7.34. The predicted octanol–water partition coefficient (Wildman–Crippen LogP) is 6.20. The van der Waals surface area contributed by atoms with Crippen LogP contribution in [-0.2, 0) is 6.54 Å². The minimum absolute atomic E-state index is 0.120. The summed E-state index contributed by atoms with van der Waals surface area (Å²) in [5.41, 5.74) is 3.23. The van der Waals surface area contributed by atoms with Gasteiger partial charge in [-0.15, -0.1) is 0 Å². The van der Waals surface area contributed by atoms with E-state index in [-0.39, 0.29) is 11.9 Å². The second-order valence-electron chi connectivity index (χ2n) is 9.96. The molecule has 222 valence electrons. The second-order valence-corrected chi connectivity index (χ2v) is 9.96. The van der Waals surface area contributed by atoms with E-state index < -0.39 is 0 Å². The highest BCUT2D eigenvalue weighted by atomic mass is 16.5. The monoisotopic (exact) mass is 573 g/mol. The zero-order valence-electron chi connectivity index (χ0n) is 25.1. The van der Waals surface area contributed by atoms with E-state index in [1.807, 2.05) is 47.4 Å². The quantitative estimate of drug-likeness (QED) is 0.191. The molecule has 3 aromatic carbocycles. The summed E-state index contributed by atoms with van der Waals surface area (Å²) >= 11 is 0. The van der Waals surface area contributed by atoms with Gasteiger partial charge >= 0.3 is 0 Å². The lowest BCUT2D eigenvalue weighted by molar-refractivity contribution is 0.0738. The Balaban J connectivity index is 1.52. The lowest BCUT2D eigenvalue weighted by Crippen LogP contribution is -2.32. The van der Waals surface area contributed by atoms with E-state index >= 15 is 0 Å². The zero-order chi connectivity index (χ0) is 30.1. The van der Waals surface area contributed by atoms with Crippen LogP contribution in [0.2, 0.25) is 0 Å². The van der Waals surface area contributed by atoms with Crippen molar-refractivity contribution in [3.8, 4) is 28.7 Å². The number of hydrogen-bond acceptors (Lipinski definition) is 8. The molecule has 0 aliphatic carbocycles. The molecule has 9 nitrogen and oxygen atoms in total. The Morgan fingerprint density at radius 3 is 2.19 bits per heavy atom. The van der Waals surface area contributed by atoms with Crippen molar-refractivity contribution in [2.24, 2.45) is 0 Å². The topological polar surface area (TPSA) is 91.4 Å². The Labute approximate surface area is 247 Å². The fourth-order valence-electron chi connectivity index (χ4n) is 4.88. The number of pyridine rings is 1. The van der Waals surface area contributed by atoms with Crippen LogP contribution in [0.15, 0.2) is 66.9 Å². The van der Waals surface area contributed by atoms with Crippen LogP contribution >= 0.6 is 0 Å². The van der Waals surface area contributed by atoms with Crippen LogP contribution in [0.25, 0.3) is 10.9 Å². The van der Waals surface area contributed by atoms with Crippen molar-refractivity contribution in [2.45, 2.75) is 32.4 Å². The molecule has 0 spiro atoms. The number of amides is 1. The number of aromatic nitrogens is 1. The van der Waals surface area contributed by atoms with Gasteiger partial charge in [-0.25, -0.2) is 0 Å². The molecule has 1 aromatic heterocycles. The molecule has 42 heavy (non-hydrogen) atoms. The lowest BCUT2D eigenvalue weighted by atomic mass is 10.1. The van der Waals surface area contributed by atoms with Crippen LogP contribution in [0.4, 0.5) is 5.69 Å². The molecule has 1 heterocycles. The first-order valence-electron chi connectivity index (χ1n) is 13.8. The van der Waals surface area contributed by atoms with Crippen molar-refractivity contribution in [2.75, 3.05) is 47.4 Å². The summed E-state index contributed by atoms with van der Waals surface area (Å²) in [4.78, 5) is 20.3. The van der Waals surface area contributed by atoms with Gasteiger partial charge in [0.2, 0.25) is 0 Å². The van der Waals surface area contributed by atoms with Crippen molar-refractivity contribution >= 4 is 22.5 Å². The highest BCUT2D eigenvalue weighted by Gasteiger charge is 2.20. The van der Waals surface area contributed by atoms with Gasteiger partial charge in [-0.05, 0) is 61.7 Å². The minimum Gasteiger partial charge on any atom is -0.497 e. The zero-order valence-corrected chi connectivity index (χ0v) is 25.1. The SMILES string of the molecule is COc1cc(OC)cc(C(=O)N(CCCC(C)Nc2cc(OC)cc3cccnc23)Cc2ccc(OC)c(OC)c2)c1. The highest BCUT2D eigenvalue weighted by molar-refractivity contribution is 5.95. The van der Waals surface area contributed by atoms with Gasteiger partial charge in [-0.2, -0.15) is 0 Å². The third-order valence-corrected chi connectivity index (χ3v) is 7.09. The van der Waals surface area contributed by atoms with Crippen LogP contribution < -0.4 is 29.0 Å². The van der Waals surface area contributed by atoms with E-state index in [0.29, 0.717) is 41.7 Å². The van der Waals surface area contributed by atoms with E-state index in [0.717, 1.165) is 40.7 Å². The molecule has 1 N–H and O–H groups in total. The van der Waals surface area contributed by atoms with E-state index in [9.17, 15) is 4.79 Å². The van der Waals surface area contributed by atoms with Crippen LogP contribution in [0.3, 0.4) is 0 Å². The van der Waals surface area contributed by atoms with Gasteiger partial charge in [-0.1, -0.05) is 12.1 Å². The maximum Gasteiger partial charge on any atom is 0.254 e. The number of methoxy groups -OCH3 is 5. The maximum absolute atomic E-state index is 13.9. The number of fused-ring (bicyclic) bond motifs is 1. The van der Waals surface area contributed by atoms with E-state index in [4.69, 9.17) is 23.7 Å². The molecule has 0 aliphatic rings. The van der Waals surface area contributed by atoms with Crippen molar-refractivity contribution in [3.63, 3.8) is 0 Å². The number of nitrogens with zero attached hydrogens (tertiary/aromatic N) is 2. The molecule has 0 bridgehead atoms. The number of carbonyl (C=O) groups excluding carboxylic acids is 1. The molecule has 0 saturated carbocycles. The third-order valence-electron chi connectivity index (χ3n) is 7.09. The van der Waals surface area contributed by atoms with Gasteiger partial charge in [0.05, 0.1) is 46.8 Å². The summed E-state index contributed by atoms with van der Waals surface area (Å²) in [6.07, 6.45) is 3.38. The van der Waals surface area contributed by atoms with Gasteiger partial charge < -0.3 is 33.9 Å². The largest absolute Gasteiger partial charge is 0.497 e. The first kappa shape index (κ1) is 30.3. The summed E-state index contributed by atoms with van der Waals surface area (Å²) in [7, 11) is 8.00. The van der Waals surface area contributed by atoms with Gasteiger partial charge in [0.1, 0.15) is 17.2 Å². The highest BCUT2D eigenvalue weighted by Crippen LogP contribution is 2.30. The van der Waals surface area contributed by atoms with E-state index in [1.165, 1.54) is 0 Å². The molecular formula is C33H39N3O6. The molecule has 0 radical (unpaired) electrons. The van der Waals surface area contributed by atoms with Crippen molar-refractivity contribution in [1.29, 1.82) is 0 Å². The molecule has 1 unspecified atom stereocenters. The normalized spacial score (nSPS) is 11.5. The molecule has 0 fully saturated rings. The molecule has 9 heteroatoms. The fraction of sp³-hybridized carbons (Fsp3) is 0.333. The number of rotatable bonds is 14. The Bertz CT molecular complexity index is 1490. The molecule has 0 saturated heterocycles. The van der Waals surface area contributed by atoms with E-state index in [2.05, 4.69) is 17.2 Å². The number of anilines is 1. The Morgan fingerprint density at radius 1 is 0.833 bits per heavy atom. The first-order valence-corrected chi connectivity index (χ1v) is 13.8. The van der Waals surface area contributed by atoms with Gasteiger partial charge in [0.25, 0.3) is 5.91 Å². The average Bonchev–Trinajstić information content (AvgIpc) is 3.03. The number of hydrogen-bond donors (Lipinski definition) is 1. The van der Waals surface area contributed by atoms with Crippen LogP contribution in [0.5, 0.6) is 28.7 Å². The van der Waals surface area contributed by atoms with Crippen LogP contribution in [0, 0.1) is 0 Å². The van der Waals surface area contributed by atoms with E-state index in [1.54, 1.807) is 59.9 Å². The molecule has 4 aromatic rings. The Kier molecular flexibility index (Phi) is 10.3. The van der Waals surface area contributed by atoms with Gasteiger partial charge in [0.15, 0.2) is 11.5 Å². The number of carbonyl (C=O) groups is 1. The number of nitrogens with one attached hydrogen (secondary N) is 1. The molecule has 1 atom stereocenters. The van der Waals surface area contributed by atoms with Crippen LogP contribution in [-0.4, -0.2) is 63.9 Å². The predicted molar refractivity (Wildman–Crippen MR) is 164 cm³/mol. The smallest absolute Gasteiger partial charge is 0.254 e. The maximum atomic E-state index is 13.9. The van der Waals surface area contributed by atoms with Crippen molar-refractivity contribution in [3.05, 3.63) is 78.0 Å². The molecule has 0 aliphatic heterocycles. The van der Waals surface area contributed by atoms with Gasteiger partial charge in [-0.3, -0.25) is 9.78 Å². The number of benzene rings is 3. The summed E-state index contributed by atoms with van der Waals surface area (Å²) in [5, 5.41) is 4.60. The fourth-order valence-corrected chi connectivity index (χ4v) is 4.88. The molecular weight excluding hydrogens is 534 g/mol. The number of ether oxygens (including phenoxy) is 5. The Hall–Kier alpha value is -4.66. The molecule has 4 rings (SSSR count). The summed E-state index contributed by atoms with van der Waals surface area (Å²) in [6.45, 7) is 3.06. The lowest BCUT2D eigenvalue weighted by Gasteiger charge is -2.25. The summed E-state index contributed by atoms with van der Waals surface area (Å²) < 4.78 is 27.2. The molecule has 1 amide bonds. The Morgan fingerprint density at radius 2 is 1.52 bits per heavy atom. The standard InChI is InChI=1S/C33H39N3O6/c1-22(35-29-20-28(40-4)16-24-10-7-13-34-32(24)29)9-8-14-36(21-23-11-12-30(41-5)31(15-23)42-6)33(37)25-17-26(38-2)19-27(18-25)39-3/h7,10-13,15-20,22,35H,8-9,14,21H2,1-6H3. The minimum atomic E-state index is -0.120. The first-order chi connectivity index (χ1) is 20.4. The summed E-state index contributed by atoms with van der Waals surface area (Å²) in [6, 6.07) is 18.9. The van der Waals surface area contributed by atoms with Crippen molar-refractivity contribution < 1.29 is 28.5 Å². The van der Waals surface area contributed by atoms with Crippen LogP contribution in [0.1, 0.15) is 35.7 Å². The second kappa shape index (κ2) is 14.3. The van der Waals surface area contributed by atoms with Crippen molar-refractivity contribution in [1.82, 2.24) is 9.88 Å². The van der Waals surface area contributed by atoms with Gasteiger partial charge in [0, 0.05) is 48.4 Å². The average molecular weight is 574 g/mol. The summed E-state index contributed by atoms with van der Waals surface area (Å²) in [5.74, 6) is 3.01.